The maximum atomic E-state index is 11.4. The van der Waals surface area contributed by atoms with Crippen molar-refractivity contribution >= 4 is 29.5 Å². The molecule has 2 nitrogen and oxygen atoms in total. The minimum absolute atomic E-state index is 0.252. The molecule has 0 fully saturated rings. The summed E-state index contributed by atoms with van der Waals surface area (Å²) in [5.74, 6) is 1.58. The Kier molecular flexibility index (Phi) is 8.98. The molecule has 0 atom stereocenters. The van der Waals surface area contributed by atoms with Gasteiger partial charge < -0.3 is 4.74 Å². The summed E-state index contributed by atoms with van der Waals surface area (Å²) in [6.07, 6.45) is 1.57. The third-order valence-electron chi connectivity index (χ3n) is 1.19. The van der Waals surface area contributed by atoms with Gasteiger partial charge in [0.05, 0.1) is 4.91 Å². The standard InChI is InChI=1S/C10H16O2S2/c1-4-7-12-10(11)9(14-6-3)8-13-5-2/h4,8H,1,5-7H2,2-3H3. The van der Waals surface area contributed by atoms with Gasteiger partial charge in [-0.25, -0.2) is 4.79 Å². The minimum Gasteiger partial charge on any atom is -0.457 e. The van der Waals surface area contributed by atoms with Crippen molar-refractivity contribution in [3.63, 3.8) is 0 Å². The van der Waals surface area contributed by atoms with Gasteiger partial charge in [0.15, 0.2) is 0 Å². The number of thioether (sulfide) groups is 2. The third-order valence-corrected chi connectivity index (χ3v) is 2.96. The van der Waals surface area contributed by atoms with Crippen LogP contribution in [0.15, 0.2) is 23.0 Å². The Balaban J connectivity index is 4.16. The third kappa shape index (κ3) is 6.16. The van der Waals surface area contributed by atoms with E-state index in [2.05, 4.69) is 6.58 Å². The van der Waals surface area contributed by atoms with Crippen LogP contribution in [0, 0.1) is 0 Å². The molecule has 0 aliphatic heterocycles. The van der Waals surface area contributed by atoms with E-state index in [1.54, 1.807) is 17.8 Å². The van der Waals surface area contributed by atoms with E-state index in [1.165, 1.54) is 11.8 Å². The highest BCUT2D eigenvalue weighted by Gasteiger charge is 2.09. The molecule has 0 amide bonds. The summed E-state index contributed by atoms with van der Waals surface area (Å²) in [6, 6.07) is 0. The second-order valence-corrected chi connectivity index (χ2v) is 4.71. The molecule has 0 aromatic rings. The molecule has 0 aliphatic carbocycles. The van der Waals surface area contributed by atoms with Gasteiger partial charge in [0.1, 0.15) is 6.61 Å². The maximum Gasteiger partial charge on any atom is 0.345 e. The molecule has 0 rings (SSSR count). The van der Waals surface area contributed by atoms with E-state index in [0.717, 1.165) is 11.5 Å². The Bertz CT molecular complexity index is 212. The van der Waals surface area contributed by atoms with Gasteiger partial charge in [0.25, 0.3) is 0 Å². The fourth-order valence-electron chi connectivity index (χ4n) is 0.661. The minimum atomic E-state index is -0.252. The summed E-state index contributed by atoms with van der Waals surface area (Å²) in [5.41, 5.74) is 0. The smallest absolute Gasteiger partial charge is 0.345 e. The highest BCUT2D eigenvalue weighted by Crippen LogP contribution is 2.20. The van der Waals surface area contributed by atoms with Crippen molar-refractivity contribution < 1.29 is 9.53 Å². The molecule has 0 heterocycles. The van der Waals surface area contributed by atoms with Crippen LogP contribution in [0.25, 0.3) is 0 Å². The second-order valence-electron chi connectivity index (χ2n) is 2.26. The quantitative estimate of drug-likeness (QED) is 0.383. The Morgan fingerprint density at radius 3 is 2.64 bits per heavy atom. The van der Waals surface area contributed by atoms with E-state index in [0.29, 0.717) is 4.91 Å². The van der Waals surface area contributed by atoms with Gasteiger partial charge in [-0.1, -0.05) is 26.5 Å². The van der Waals surface area contributed by atoms with Gasteiger partial charge >= 0.3 is 5.97 Å². The van der Waals surface area contributed by atoms with Crippen LogP contribution in [-0.2, 0) is 9.53 Å². The summed E-state index contributed by atoms with van der Waals surface area (Å²) in [4.78, 5) is 12.1. The highest BCUT2D eigenvalue weighted by atomic mass is 32.2. The van der Waals surface area contributed by atoms with Crippen molar-refractivity contribution in [2.45, 2.75) is 13.8 Å². The number of hydrogen-bond acceptors (Lipinski definition) is 4. The lowest BCUT2D eigenvalue weighted by Gasteiger charge is -2.04. The van der Waals surface area contributed by atoms with Crippen molar-refractivity contribution in [2.75, 3.05) is 18.1 Å². The topological polar surface area (TPSA) is 26.3 Å². The molecule has 0 radical (unpaired) electrons. The summed E-state index contributed by atoms with van der Waals surface area (Å²) in [5, 5.41) is 1.86. The first-order valence-corrected chi connectivity index (χ1v) is 6.52. The molecule has 0 N–H and O–H groups in total. The average Bonchev–Trinajstić information content (AvgIpc) is 2.20. The molecule has 80 valence electrons. The van der Waals surface area contributed by atoms with Crippen molar-refractivity contribution in [2.24, 2.45) is 0 Å². The van der Waals surface area contributed by atoms with Crippen molar-refractivity contribution in [1.82, 2.24) is 0 Å². The summed E-state index contributed by atoms with van der Waals surface area (Å²) in [6.45, 7) is 7.82. The van der Waals surface area contributed by atoms with E-state index in [4.69, 9.17) is 4.74 Å². The number of carbonyl (C=O) groups excluding carboxylic acids is 1. The summed E-state index contributed by atoms with van der Waals surface area (Å²) >= 11 is 3.11. The fraction of sp³-hybridized carbons (Fsp3) is 0.500. The van der Waals surface area contributed by atoms with E-state index in [-0.39, 0.29) is 12.6 Å². The van der Waals surface area contributed by atoms with Crippen LogP contribution in [-0.4, -0.2) is 24.1 Å². The van der Waals surface area contributed by atoms with Gasteiger partial charge in [0.2, 0.25) is 0 Å². The molecule has 0 aromatic heterocycles. The predicted octanol–water partition coefficient (Wildman–Crippen LogP) is 3.06. The Labute approximate surface area is 94.2 Å². The van der Waals surface area contributed by atoms with Crippen molar-refractivity contribution in [1.29, 1.82) is 0 Å². The number of rotatable bonds is 7. The first kappa shape index (κ1) is 13.7. The van der Waals surface area contributed by atoms with Gasteiger partial charge in [-0.15, -0.1) is 23.5 Å². The maximum absolute atomic E-state index is 11.4. The molecule has 0 aromatic carbocycles. The van der Waals surface area contributed by atoms with E-state index in [1.807, 2.05) is 19.3 Å². The van der Waals surface area contributed by atoms with Crippen LogP contribution in [0.3, 0.4) is 0 Å². The molecule has 0 aliphatic rings. The summed E-state index contributed by atoms with van der Waals surface area (Å²) in [7, 11) is 0. The Morgan fingerprint density at radius 2 is 2.14 bits per heavy atom. The van der Waals surface area contributed by atoms with Gasteiger partial charge in [-0.05, 0) is 16.9 Å². The zero-order chi connectivity index (χ0) is 10.8. The summed E-state index contributed by atoms with van der Waals surface area (Å²) < 4.78 is 4.94. The zero-order valence-corrected chi connectivity index (χ0v) is 10.2. The lowest BCUT2D eigenvalue weighted by Crippen LogP contribution is -2.05. The van der Waals surface area contributed by atoms with Crippen LogP contribution >= 0.6 is 23.5 Å². The van der Waals surface area contributed by atoms with E-state index < -0.39 is 0 Å². The predicted molar refractivity (Wildman–Crippen MR) is 65.5 cm³/mol. The Morgan fingerprint density at radius 1 is 1.43 bits per heavy atom. The van der Waals surface area contributed by atoms with Gasteiger partial charge in [0, 0.05) is 0 Å². The van der Waals surface area contributed by atoms with E-state index >= 15 is 0 Å². The van der Waals surface area contributed by atoms with Crippen molar-refractivity contribution in [3.05, 3.63) is 23.0 Å². The Hall–Kier alpha value is -0.350. The van der Waals surface area contributed by atoms with Crippen LogP contribution < -0.4 is 0 Å². The van der Waals surface area contributed by atoms with E-state index in [9.17, 15) is 4.79 Å². The molecule has 0 saturated heterocycles. The number of ether oxygens (including phenoxy) is 1. The lowest BCUT2D eigenvalue weighted by atomic mass is 10.6. The lowest BCUT2D eigenvalue weighted by molar-refractivity contribution is -0.136. The second kappa shape index (κ2) is 9.21. The fourth-order valence-corrected chi connectivity index (χ4v) is 2.04. The van der Waals surface area contributed by atoms with Gasteiger partial charge in [-0.2, -0.15) is 0 Å². The van der Waals surface area contributed by atoms with Crippen LogP contribution in [0.1, 0.15) is 13.8 Å². The zero-order valence-electron chi connectivity index (χ0n) is 8.62. The first-order valence-electron chi connectivity index (χ1n) is 4.48. The molecule has 0 bridgehead atoms. The molecular formula is C10H16O2S2. The highest BCUT2D eigenvalue weighted by molar-refractivity contribution is 8.06. The number of esters is 1. The molecule has 0 saturated carbocycles. The number of carbonyl (C=O) groups is 1. The van der Waals surface area contributed by atoms with Crippen LogP contribution in [0.4, 0.5) is 0 Å². The normalized spacial score (nSPS) is 11.1. The SMILES string of the molecule is C=CCOC(=O)C(=CSCC)SCC. The molecule has 14 heavy (non-hydrogen) atoms. The van der Waals surface area contributed by atoms with Crippen LogP contribution in [0.2, 0.25) is 0 Å². The van der Waals surface area contributed by atoms with Crippen LogP contribution in [0.5, 0.6) is 0 Å². The average molecular weight is 232 g/mol. The monoisotopic (exact) mass is 232 g/mol. The first-order chi connectivity index (χ1) is 6.76. The molecule has 0 unspecified atom stereocenters. The largest absolute Gasteiger partial charge is 0.457 e. The van der Waals surface area contributed by atoms with Crippen molar-refractivity contribution in [3.8, 4) is 0 Å². The number of hydrogen-bond donors (Lipinski definition) is 0. The molecule has 0 spiro atoms. The molecular weight excluding hydrogens is 216 g/mol. The molecule has 4 heteroatoms. The van der Waals surface area contributed by atoms with Gasteiger partial charge in [-0.3, -0.25) is 0 Å².